The number of morpholine rings is 2. The molecule has 0 saturated carbocycles. The molecule has 20 heavy (non-hydrogen) atoms. The average Bonchev–Trinajstić information content (AvgIpc) is 2.37. The van der Waals surface area contributed by atoms with Crippen molar-refractivity contribution in [2.45, 2.75) is 46.0 Å². The van der Waals surface area contributed by atoms with Crippen molar-refractivity contribution in [2.24, 2.45) is 5.92 Å². The van der Waals surface area contributed by atoms with Crippen LogP contribution in [0.15, 0.2) is 0 Å². The van der Waals surface area contributed by atoms with E-state index in [0.29, 0.717) is 38.7 Å². The third-order valence-corrected chi connectivity index (χ3v) is 5.77. The number of ether oxygens (including phenoxy) is 2. The minimum absolute atomic E-state index is 0.0191. The van der Waals surface area contributed by atoms with Gasteiger partial charge in [-0.1, -0.05) is 13.8 Å². The van der Waals surface area contributed by atoms with Crippen LogP contribution in [0.2, 0.25) is 0 Å². The number of nitrogens with zero attached hydrogens (tertiary/aromatic N) is 2. The minimum atomic E-state index is -3.41. The van der Waals surface area contributed by atoms with Gasteiger partial charge in [0.25, 0.3) is 10.2 Å². The molecular formula is C13H26N2O4S. The summed E-state index contributed by atoms with van der Waals surface area (Å²) < 4.78 is 39.8. The van der Waals surface area contributed by atoms with Crippen LogP contribution in [0.25, 0.3) is 0 Å². The summed E-state index contributed by atoms with van der Waals surface area (Å²) in [6, 6.07) is 0. The number of hydrogen-bond donors (Lipinski definition) is 0. The van der Waals surface area contributed by atoms with Gasteiger partial charge in [-0.3, -0.25) is 0 Å². The molecule has 2 fully saturated rings. The molecule has 2 aliphatic heterocycles. The smallest absolute Gasteiger partial charge is 0.282 e. The molecule has 0 spiro atoms. The van der Waals surface area contributed by atoms with E-state index in [1.807, 2.05) is 13.8 Å². The zero-order chi connectivity index (χ0) is 14.9. The van der Waals surface area contributed by atoms with E-state index in [1.54, 1.807) is 8.61 Å². The van der Waals surface area contributed by atoms with E-state index in [9.17, 15) is 8.42 Å². The van der Waals surface area contributed by atoms with Crippen molar-refractivity contribution in [2.75, 3.05) is 32.8 Å². The molecule has 0 bridgehead atoms. The normalized spacial score (nSPS) is 34.5. The maximum Gasteiger partial charge on any atom is 0.282 e. The lowest BCUT2D eigenvalue weighted by Crippen LogP contribution is -2.56. The van der Waals surface area contributed by atoms with Gasteiger partial charge < -0.3 is 9.47 Å². The second-order valence-corrected chi connectivity index (χ2v) is 8.02. The van der Waals surface area contributed by atoms with Crippen LogP contribution in [-0.4, -0.2) is 68.1 Å². The van der Waals surface area contributed by atoms with E-state index < -0.39 is 10.2 Å². The monoisotopic (exact) mass is 306 g/mol. The lowest BCUT2D eigenvalue weighted by Gasteiger charge is -2.40. The molecule has 0 amide bonds. The molecule has 0 radical (unpaired) electrons. The Hall–Kier alpha value is -0.210. The highest BCUT2D eigenvalue weighted by atomic mass is 32.2. The van der Waals surface area contributed by atoms with Gasteiger partial charge in [0.05, 0.1) is 24.9 Å². The Labute approximate surface area is 122 Å². The van der Waals surface area contributed by atoms with E-state index in [-0.39, 0.29) is 18.3 Å². The predicted molar refractivity (Wildman–Crippen MR) is 76.7 cm³/mol. The fourth-order valence-corrected chi connectivity index (χ4v) is 4.51. The fourth-order valence-electron chi connectivity index (χ4n) is 2.75. The molecule has 3 atom stereocenters. The van der Waals surface area contributed by atoms with Gasteiger partial charge in [-0.05, 0) is 19.8 Å². The summed E-state index contributed by atoms with van der Waals surface area (Å²) in [5.41, 5.74) is 0. The van der Waals surface area contributed by atoms with Gasteiger partial charge in [0.1, 0.15) is 0 Å². The molecule has 7 heteroatoms. The van der Waals surface area contributed by atoms with Crippen LogP contribution in [0.4, 0.5) is 0 Å². The molecule has 2 heterocycles. The summed E-state index contributed by atoms with van der Waals surface area (Å²) in [7, 11) is -3.41. The highest BCUT2D eigenvalue weighted by Crippen LogP contribution is 2.21. The van der Waals surface area contributed by atoms with Crippen LogP contribution in [-0.2, 0) is 19.7 Å². The Morgan fingerprint density at radius 2 is 1.65 bits per heavy atom. The van der Waals surface area contributed by atoms with Crippen LogP contribution in [0.3, 0.4) is 0 Å². The van der Waals surface area contributed by atoms with E-state index in [1.165, 1.54) is 0 Å². The van der Waals surface area contributed by atoms with Gasteiger partial charge in [0, 0.05) is 26.2 Å². The van der Waals surface area contributed by atoms with Crippen molar-refractivity contribution >= 4 is 10.2 Å². The summed E-state index contributed by atoms with van der Waals surface area (Å²) in [6.07, 6.45) is -0.139. The first-order valence-electron chi connectivity index (χ1n) is 7.33. The van der Waals surface area contributed by atoms with Crippen LogP contribution in [0, 0.1) is 5.92 Å². The summed E-state index contributed by atoms with van der Waals surface area (Å²) in [5, 5.41) is 0. The molecule has 0 N–H and O–H groups in total. The van der Waals surface area contributed by atoms with E-state index >= 15 is 0 Å². The minimum Gasteiger partial charge on any atom is -0.375 e. The standard InChI is InChI=1S/C13H26N2O4S/c1-10(2)13-9-14(5-6-18-13)20(16,17)15-7-11(3)19-12(4)8-15/h10-13H,5-9H2,1-4H3/t11-,12-,13+/m1/s1. The van der Waals surface area contributed by atoms with Crippen molar-refractivity contribution in [3.63, 3.8) is 0 Å². The van der Waals surface area contributed by atoms with Crippen LogP contribution < -0.4 is 0 Å². The Balaban J connectivity index is 2.09. The first-order chi connectivity index (χ1) is 9.30. The van der Waals surface area contributed by atoms with Gasteiger partial charge in [-0.2, -0.15) is 17.0 Å². The molecule has 0 unspecified atom stereocenters. The summed E-state index contributed by atoms with van der Waals surface area (Å²) in [5.74, 6) is 0.315. The molecule has 0 aliphatic carbocycles. The van der Waals surface area contributed by atoms with Gasteiger partial charge in [-0.15, -0.1) is 0 Å². The molecule has 2 aliphatic rings. The Bertz CT molecular complexity index is 416. The number of hydrogen-bond acceptors (Lipinski definition) is 4. The van der Waals surface area contributed by atoms with Crippen molar-refractivity contribution in [3.8, 4) is 0 Å². The molecular weight excluding hydrogens is 280 g/mol. The van der Waals surface area contributed by atoms with E-state index in [0.717, 1.165) is 0 Å². The van der Waals surface area contributed by atoms with E-state index in [4.69, 9.17) is 9.47 Å². The Morgan fingerprint density at radius 1 is 1.05 bits per heavy atom. The van der Waals surface area contributed by atoms with Crippen LogP contribution in [0.5, 0.6) is 0 Å². The first-order valence-corrected chi connectivity index (χ1v) is 8.72. The van der Waals surface area contributed by atoms with Crippen LogP contribution in [0.1, 0.15) is 27.7 Å². The van der Waals surface area contributed by atoms with Gasteiger partial charge in [-0.25, -0.2) is 0 Å². The third kappa shape index (κ3) is 3.51. The van der Waals surface area contributed by atoms with Gasteiger partial charge in [0.15, 0.2) is 0 Å². The van der Waals surface area contributed by atoms with Crippen molar-refractivity contribution in [3.05, 3.63) is 0 Å². The van der Waals surface area contributed by atoms with Crippen LogP contribution >= 0.6 is 0 Å². The highest BCUT2D eigenvalue weighted by Gasteiger charge is 2.38. The van der Waals surface area contributed by atoms with Crippen molar-refractivity contribution < 1.29 is 17.9 Å². The maximum absolute atomic E-state index is 12.7. The molecule has 0 aromatic rings. The topological polar surface area (TPSA) is 59.1 Å². The highest BCUT2D eigenvalue weighted by molar-refractivity contribution is 7.86. The third-order valence-electron chi connectivity index (χ3n) is 3.84. The maximum atomic E-state index is 12.7. The SMILES string of the molecule is CC(C)[C@@H]1CN(S(=O)(=O)N2C[C@@H](C)O[C@H](C)C2)CCO1. The number of rotatable bonds is 3. The summed E-state index contributed by atoms with van der Waals surface area (Å²) in [6.45, 7) is 10.1. The molecule has 2 rings (SSSR count). The Kier molecular flexibility index (Phi) is 5.07. The predicted octanol–water partition coefficient (Wildman–Crippen LogP) is 0.697. The average molecular weight is 306 g/mol. The second kappa shape index (κ2) is 6.27. The molecule has 2 saturated heterocycles. The summed E-state index contributed by atoms with van der Waals surface area (Å²) >= 11 is 0. The lowest BCUT2D eigenvalue weighted by atomic mass is 10.1. The molecule has 0 aromatic carbocycles. The largest absolute Gasteiger partial charge is 0.375 e. The van der Waals surface area contributed by atoms with E-state index in [2.05, 4.69) is 13.8 Å². The van der Waals surface area contributed by atoms with Crippen molar-refractivity contribution in [1.82, 2.24) is 8.61 Å². The lowest BCUT2D eigenvalue weighted by molar-refractivity contribution is -0.0508. The van der Waals surface area contributed by atoms with Crippen molar-refractivity contribution in [1.29, 1.82) is 0 Å². The zero-order valence-corrected chi connectivity index (χ0v) is 13.6. The molecule has 6 nitrogen and oxygen atoms in total. The summed E-state index contributed by atoms with van der Waals surface area (Å²) in [4.78, 5) is 0. The Morgan fingerprint density at radius 3 is 2.20 bits per heavy atom. The molecule has 0 aromatic heterocycles. The second-order valence-electron chi connectivity index (χ2n) is 6.09. The molecule has 118 valence electrons. The zero-order valence-electron chi connectivity index (χ0n) is 12.8. The van der Waals surface area contributed by atoms with Gasteiger partial charge >= 0.3 is 0 Å². The first kappa shape index (κ1) is 16.2. The fraction of sp³-hybridized carbons (Fsp3) is 1.00. The van der Waals surface area contributed by atoms with Gasteiger partial charge in [0.2, 0.25) is 0 Å². The quantitative estimate of drug-likeness (QED) is 0.770.